The summed E-state index contributed by atoms with van der Waals surface area (Å²) in [5.41, 5.74) is 6.39. The van der Waals surface area contributed by atoms with Gasteiger partial charge in [0.15, 0.2) is 11.2 Å². The lowest BCUT2D eigenvalue weighted by molar-refractivity contribution is -0.118. The van der Waals surface area contributed by atoms with Gasteiger partial charge in [-0.3, -0.25) is 18.6 Å². The summed E-state index contributed by atoms with van der Waals surface area (Å²) in [5, 5.41) is 0. The number of rotatable bonds is 4. The quantitative estimate of drug-likeness (QED) is 0.656. The summed E-state index contributed by atoms with van der Waals surface area (Å²) in [6.45, 7) is 4.79. The van der Waals surface area contributed by atoms with Crippen LogP contribution in [0.5, 0.6) is 0 Å². The van der Waals surface area contributed by atoms with Crippen LogP contribution in [0.3, 0.4) is 0 Å². The summed E-state index contributed by atoms with van der Waals surface area (Å²) in [6, 6.07) is 0. The van der Waals surface area contributed by atoms with Crippen molar-refractivity contribution < 1.29 is 9.53 Å². The molecule has 1 fully saturated rings. The molecule has 144 valence electrons. The Balaban J connectivity index is 2.04. The van der Waals surface area contributed by atoms with Gasteiger partial charge in [-0.1, -0.05) is 0 Å². The van der Waals surface area contributed by atoms with Gasteiger partial charge in [0.05, 0.1) is 12.6 Å². The van der Waals surface area contributed by atoms with Gasteiger partial charge in [0.2, 0.25) is 11.7 Å². The van der Waals surface area contributed by atoms with Crippen molar-refractivity contribution in [2.45, 2.75) is 45.9 Å². The van der Waals surface area contributed by atoms with Crippen LogP contribution in [0.2, 0.25) is 0 Å². The first-order valence-corrected chi connectivity index (χ1v) is 8.88. The van der Waals surface area contributed by atoms with Crippen LogP contribution >= 0.6 is 0 Å². The molecule has 0 spiro atoms. The van der Waals surface area contributed by atoms with E-state index in [4.69, 9.17) is 10.5 Å². The molecular weight excluding hydrogens is 352 g/mol. The molecule has 1 atom stereocenters. The molecule has 0 saturated carbocycles. The van der Waals surface area contributed by atoms with Gasteiger partial charge in [-0.15, -0.1) is 0 Å². The number of ether oxygens (including phenoxy) is 1. The number of primary amides is 1. The van der Waals surface area contributed by atoms with E-state index in [1.54, 1.807) is 4.40 Å². The topological polar surface area (TPSA) is 119 Å². The Morgan fingerprint density at radius 1 is 1.26 bits per heavy atom. The highest BCUT2D eigenvalue weighted by Crippen LogP contribution is 2.23. The number of fused-ring (bicyclic) bond motifs is 3. The standard InChI is InChI=1S/C17H22N6O4/c1-9-10(2)23-13-14(19-16(23)21(9)7-11-5-4-6-27-11)20(3)17(26)22(15(13)25)8-12(18)24/h11H,4-8H2,1-3H3,(H2,18,24). The van der Waals surface area contributed by atoms with Gasteiger partial charge >= 0.3 is 5.69 Å². The molecule has 0 aromatic carbocycles. The van der Waals surface area contributed by atoms with E-state index in [1.807, 2.05) is 18.4 Å². The fraction of sp³-hybridized carbons (Fsp3) is 0.529. The summed E-state index contributed by atoms with van der Waals surface area (Å²) in [4.78, 5) is 41.4. The van der Waals surface area contributed by atoms with Crippen molar-refractivity contribution in [3.05, 3.63) is 32.2 Å². The molecule has 10 nitrogen and oxygen atoms in total. The van der Waals surface area contributed by atoms with Crippen molar-refractivity contribution in [1.29, 1.82) is 0 Å². The first-order chi connectivity index (χ1) is 12.8. The Kier molecular flexibility index (Phi) is 3.95. The zero-order valence-electron chi connectivity index (χ0n) is 15.6. The Hall–Kier alpha value is -2.88. The zero-order valence-corrected chi connectivity index (χ0v) is 15.6. The second-order valence-corrected chi connectivity index (χ2v) is 7.04. The van der Waals surface area contributed by atoms with E-state index in [-0.39, 0.29) is 17.3 Å². The third-order valence-electron chi connectivity index (χ3n) is 5.35. The molecule has 1 unspecified atom stereocenters. The van der Waals surface area contributed by atoms with Crippen molar-refractivity contribution in [2.75, 3.05) is 6.61 Å². The number of aryl methyl sites for hydroxylation is 2. The number of imidazole rings is 2. The molecule has 0 radical (unpaired) electrons. The van der Waals surface area contributed by atoms with Gasteiger partial charge in [0.25, 0.3) is 5.56 Å². The van der Waals surface area contributed by atoms with E-state index in [1.165, 1.54) is 11.6 Å². The Bertz CT molecular complexity index is 1190. The molecule has 0 bridgehead atoms. The number of hydrogen-bond acceptors (Lipinski definition) is 5. The lowest BCUT2D eigenvalue weighted by Gasteiger charge is -2.12. The Morgan fingerprint density at radius 3 is 2.63 bits per heavy atom. The summed E-state index contributed by atoms with van der Waals surface area (Å²) in [7, 11) is 1.53. The molecule has 1 saturated heterocycles. The number of hydrogen-bond donors (Lipinski definition) is 1. The monoisotopic (exact) mass is 374 g/mol. The summed E-state index contributed by atoms with van der Waals surface area (Å²) in [6.07, 6.45) is 2.12. The predicted octanol–water partition coefficient (Wildman–Crippen LogP) is -0.569. The number of nitrogens with two attached hydrogens (primary N) is 1. The maximum atomic E-state index is 13.0. The minimum Gasteiger partial charge on any atom is -0.376 e. The average Bonchev–Trinajstić information content (AvgIpc) is 3.31. The van der Waals surface area contributed by atoms with Crippen LogP contribution in [0.4, 0.5) is 0 Å². The van der Waals surface area contributed by atoms with E-state index in [9.17, 15) is 14.4 Å². The van der Waals surface area contributed by atoms with E-state index in [0.29, 0.717) is 12.3 Å². The molecule has 1 amide bonds. The molecule has 1 aliphatic rings. The fourth-order valence-corrected chi connectivity index (χ4v) is 3.82. The molecule has 1 aliphatic heterocycles. The van der Waals surface area contributed by atoms with Gasteiger partial charge in [-0.25, -0.2) is 9.36 Å². The number of aromatic nitrogens is 5. The second-order valence-electron chi connectivity index (χ2n) is 7.04. The number of carbonyl (C=O) groups excluding carboxylic acids is 1. The largest absolute Gasteiger partial charge is 0.376 e. The Labute approximate surface area is 153 Å². The van der Waals surface area contributed by atoms with Crippen LogP contribution < -0.4 is 17.0 Å². The minimum absolute atomic E-state index is 0.106. The van der Waals surface area contributed by atoms with Crippen molar-refractivity contribution in [2.24, 2.45) is 12.8 Å². The predicted molar refractivity (Wildman–Crippen MR) is 97.8 cm³/mol. The fourth-order valence-electron chi connectivity index (χ4n) is 3.82. The normalized spacial score (nSPS) is 17.4. The zero-order chi connectivity index (χ0) is 19.5. The molecule has 10 heteroatoms. The van der Waals surface area contributed by atoms with Crippen molar-refractivity contribution >= 4 is 22.8 Å². The number of amides is 1. The average molecular weight is 374 g/mol. The maximum absolute atomic E-state index is 13.0. The second kappa shape index (κ2) is 6.08. The SMILES string of the molecule is Cc1c(C)n2c3c(=O)n(CC(N)=O)c(=O)n(C)c3nc2n1CC1CCCO1. The van der Waals surface area contributed by atoms with Crippen LogP contribution in [0, 0.1) is 13.8 Å². The van der Waals surface area contributed by atoms with Crippen molar-refractivity contribution in [3.8, 4) is 0 Å². The van der Waals surface area contributed by atoms with Crippen LogP contribution in [0.25, 0.3) is 16.9 Å². The van der Waals surface area contributed by atoms with Gasteiger partial charge in [-0.05, 0) is 26.7 Å². The van der Waals surface area contributed by atoms with E-state index in [0.717, 1.165) is 35.4 Å². The highest BCUT2D eigenvalue weighted by molar-refractivity contribution is 5.77. The lowest BCUT2D eigenvalue weighted by atomic mass is 10.2. The minimum atomic E-state index is -0.752. The molecule has 3 aromatic heterocycles. The smallest absolute Gasteiger partial charge is 0.332 e. The Morgan fingerprint density at radius 2 is 2.00 bits per heavy atom. The van der Waals surface area contributed by atoms with E-state index >= 15 is 0 Å². The third-order valence-corrected chi connectivity index (χ3v) is 5.35. The van der Waals surface area contributed by atoms with Crippen LogP contribution in [-0.4, -0.2) is 41.7 Å². The molecule has 2 N–H and O–H groups in total. The number of nitrogens with zero attached hydrogens (tertiary/aromatic N) is 5. The first kappa shape index (κ1) is 17.5. The summed E-state index contributed by atoms with van der Waals surface area (Å²) >= 11 is 0. The maximum Gasteiger partial charge on any atom is 0.332 e. The molecule has 4 rings (SSSR count). The van der Waals surface area contributed by atoms with E-state index < -0.39 is 23.7 Å². The number of carbonyl (C=O) groups is 1. The molecule has 3 aromatic rings. The molecular formula is C17H22N6O4. The van der Waals surface area contributed by atoms with Crippen LogP contribution in [0.15, 0.2) is 9.59 Å². The van der Waals surface area contributed by atoms with Gasteiger partial charge in [0.1, 0.15) is 6.54 Å². The van der Waals surface area contributed by atoms with Crippen LogP contribution in [-0.2, 0) is 29.7 Å². The van der Waals surface area contributed by atoms with Gasteiger partial charge in [-0.2, -0.15) is 4.98 Å². The van der Waals surface area contributed by atoms with Crippen molar-refractivity contribution in [3.63, 3.8) is 0 Å². The molecule has 4 heterocycles. The lowest BCUT2D eigenvalue weighted by Crippen LogP contribution is -2.42. The molecule has 0 aliphatic carbocycles. The van der Waals surface area contributed by atoms with E-state index in [2.05, 4.69) is 4.98 Å². The van der Waals surface area contributed by atoms with Crippen molar-refractivity contribution in [1.82, 2.24) is 23.1 Å². The highest BCUT2D eigenvalue weighted by Gasteiger charge is 2.25. The first-order valence-electron chi connectivity index (χ1n) is 8.88. The van der Waals surface area contributed by atoms with Crippen LogP contribution in [0.1, 0.15) is 24.2 Å². The summed E-state index contributed by atoms with van der Waals surface area (Å²) < 4.78 is 11.6. The molecule has 27 heavy (non-hydrogen) atoms. The highest BCUT2D eigenvalue weighted by atomic mass is 16.5. The third kappa shape index (κ3) is 2.51. The summed E-state index contributed by atoms with van der Waals surface area (Å²) in [5.74, 6) is -0.169. The van der Waals surface area contributed by atoms with Gasteiger partial charge in [0, 0.05) is 25.0 Å². The van der Waals surface area contributed by atoms with Gasteiger partial charge < -0.3 is 15.0 Å².